The summed E-state index contributed by atoms with van der Waals surface area (Å²) in [6.07, 6.45) is 3.17. The summed E-state index contributed by atoms with van der Waals surface area (Å²) in [5.41, 5.74) is 0.587. The number of ether oxygens (including phenoxy) is 2. The molecule has 1 amide bonds. The molecule has 1 N–H and O–H groups in total. The highest BCUT2D eigenvalue weighted by Gasteiger charge is 2.03. The van der Waals surface area contributed by atoms with Gasteiger partial charge in [-0.2, -0.15) is 0 Å². The molecule has 0 aliphatic heterocycles. The summed E-state index contributed by atoms with van der Waals surface area (Å²) in [5.74, 6) is 1.39. The van der Waals surface area contributed by atoms with Crippen LogP contribution in [0, 0.1) is 0 Å². The van der Waals surface area contributed by atoms with Crippen molar-refractivity contribution >= 4 is 5.91 Å². The zero-order valence-electron chi connectivity index (χ0n) is 11.2. The van der Waals surface area contributed by atoms with Gasteiger partial charge in [-0.15, -0.1) is 0 Å². The van der Waals surface area contributed by atoms with E-state index in [0.717, 1.165) is 11.5 Å². The van der Waals surface area contributed by atoms with Gasteiger partial charge in [0.2, 0.25) is 0 Å². The molecule has 0 unspecified atom stereocenters. The van der Waals surface area contributed by atoms with E-state index in [4.69, 9.17) is 9.47 Å². The Morgan fingerprint density at radius 2 is 1.75 bits per heavy atom. The van der Waals surface area contributed by atoms with Crippen LogP contribution in [0.1, 0.15) is 10.4 Å². The quantitative estimate of drug-likeness (QED) is 0.816. The van der Waals surface area contributed by atoms with Gasteiger partial charge in [0.15, 0.2) is 0 Å². The van der Waals surface area contributed by atoms with E-state index in [-0.39, 0.29) is 5.91 Å². The average Bonchev–Trinajstić information content (AvgIpc) is 2.53. The van der Waals surface area contributed by atoms with Gasteiger partial charge < -0.3 is 14.8 Å². The van der Waals surface area contributed by atoms with Crippen molar-refractivity contribution in [1.29, 1.82) is 0 Å². The zero-order valence-corrected chi connectivity index (χ0v) is 11.2. The van der Waals surface area contributed by atoms with E-state index in [1.165, 1.54) is 0 Å². The molecule has 0 saturated heterocycles. The first kappa shape index (κ1) is 13.9. The summed E-state index contributed by atoms with van der Waals surface area (Å²) in [5, 5.41) is 2.78. The van der Waals surface area contributed by atoms with Gasteiger partial charge in [0.05, 0.1) is 13.7 Å². The molecule has 2 aromatic rings. The van der Waals surface area contributed by atoms with Gasteiger partial charge in [-0.1, -0.05) is 0 Å². The maximum absolute atomic E-state index is 11.7. The number of hydrogen-bond donors (Lipinski definition) is 1. The maximum Gasteiger partial charge on any atom is 0.251 e. The molecular formula is C15H16N2O3. The van der Waals surface area contributed by atoms with Gasteiger partial charge in [0, 0.05) is 18.0 Å². The van der Waals surface area contributed by atoms with Crippen molar-refractivity contribution in [2.24, 2.45) is 0 Å². The molecule has 0 radical (unpaired) electrons. The molecule has 0 saturated carbocycles. The van der Waals surface area contributed by atoms with Crippen LogP contribution in [0.4, 0.5) is 0 Å². The van der Waals surface area contributed by atoms with Crippen molar-refractivity contribution in [3.63, 3.8) is 0 Å². The summed E-state index contributed by atoms with van der Waals surface area (Å²) in [4.78, 5) is 15.6. The second-order valence-corrected chi connectivity index (χ2v) is 4.02. The highest BCUT2D eigenvalue weighted by Crippen LogP contribution is 2.16. The van der Waals surface area contributed by atoms with Gasteiger partial charge in [0.1, 0.15) is 18.1 Å². The Kier molecular flexibility index (Phi) is 4.94. The van der Waals surface area contributed by atoms with E-state index in [2.05, 4.69) is 10.3 Å². The molecule has 0 fully saturated rings. The predicted molar refractivity (Wildman–Crippen MR) is 75.1 cm³/mol. The lowest BCUT2D eigenvalue weighted by Gasteiger charge is -2.08. The van der Waals surface area contributed by atoms with Gasteiger partial charge in [0.25, 0.3) is 5.91 Å². The fourth-order valence-electron chi connectivity index (χ4n) is 1.61. The molecule has 0 atom stereocenters. The number of amides is 1. The number of nitrogens with one attached hydrogen (secondary N) is 1. The van der Waals surface area contributed by atoms with Crippen LogP contribution in [-0.2, 0) is 0 Å². The standard InChI is InChI=1S/C15H16N2O3/c1-19-13-2-4-14(5-3-13)20-11-10-17-15(18)12-6-8-16-9-7-12/h2-9H,10-11H2,1H3,(H,17,18). The van der Waals surface area contributed by atoms with Crippen molar-refractivity contribution < 1.29 is 14.3 Å². The van der Waals surface area contributed by atoms with Crippen LogP contribution in [0.5, 0.6) is 11.5 Å². The van der Waals surface area contributed by atoms with Crippen LogP contribution in [0.25, 0.3) is 0 Å². The molecule has 0 spiro atoms. The summed E-state index contributed by atoms with van der Waals surface area (Å²) >= 11 is 0. The smallest absolute Gasteiger partial charge is 0.251 e. The molecule has 1 heterocycles. The van der Waals surface area contributed by atoms with Crippen LogP contribution in [0.2, 0.25) is 0 Å². The third kappa shape index (κ3) is 3.98. The molecule has 20 heavy (non-hydrogen) atoms. The van der Waals surface area contributed by atoms with E-state index >= 15 is 0 Å². The first-order valence-electron chi connectivity index (χ1n) is 6.24. The fraction of sp³-hybridized carbons (Fsp3) is 0.200. The van der Waals surface area contributed by atoms with E-state index < -0.39 is 0 Å². The number of rotatable bonds is 6. The van der Waals surface area contributed by atoms with E-state index in [1.807, 2.05) is 24.3 Å². The van der Waals surface area contributed by atoms with Gasteiger partial charge in [-0.3, -0.25) is 9.78 Å². The summed E-state index contributed by atoms with van der Waals surface area (Å²) in [7, 11) is 1.62. The first-order chi connectivity index (χ1) is 9.79. The van der Waals surface area contributed by atoms with Gasteiger partial charge >= 0.3 is 0 Å². The summed E-state index contributed by atoms with van der Waals surface area (Å²) in [6, 6.07) is 10.6. The highest BCUT2D eigenvalue weighted by molar-refractivity contribution is 5.93. The van der Waals surface area contributed by atoms with E-state index in [0.29, 0.717) is 18.7 Å². The fourth-order valence-corrected chi connectivity index (χ4v) is 1.61. The normalized spacial score (nSPS) is 9.85. The lowest BCUT2D eigenvalue weighted by atomic mass is 10.2. The molecule has 5 heteroatoms. The number of carbonyl (C=O) groups is 1. The van der Waals surface area contributed by atoms with Crippen LogP contribution in [0.3, 0.4) is 0 Å². The Morgan fingerprint density at radius 3 is 2.40 bits per heavy atom. The van der Waals surface area contributed by atoms with Crippen molar-refractivity contribution in [3.05, 3.63) is 54.4 Å². The number of methoxy groups -OCH3 is 1. The number of carbonyl (C=O) groups excluding carboxylic acids is 1. The minimum atomic E-state index is -0.134. The Balaban J connectivity index is 1.72. The second kappa shape index (κ2) is 7.13. The van der Waals surface area contributed by atoms with Crippen LogP contribution < -0.4 is 14.8 Å². The van der Waals surface area contributed by atoms with Crippen molar-refractivity contribution in [3.8, 4) is 11.5 Å². The zero-order chi connectivity index (χ0) is 14.2. The van der Waals surface area contributed by atoms with Crippen LogP contribution in [0.15, 0.2) is 48.8 Å². The minimum Gasteiger partial charge on any atom is -0.497 e. The Morgan fingerprint density at radius 1 is 1.10 bits per heavy atom. The molecule has 1 aromatic carbocycles. The Bertz CT molecular complexity index is 541. The number of benzene rings is 1. The minimum absolute atomic E-state index is 0.134. The Labute approximate surface area is 117 Å². The lowest BCUT2D eigenvalue weighted by Crippen LogP contribution is -2.28. The van der Waals surface area contributed by atoms with E-state index in [1.54, 1.807) is 31.6 Å². The average molecular weight is 272 g/mol. The predicted octanol–water partition coefficient (Wildman–Crippen LogP) is 1.90. The van der Waals surface area contributed by atoms with Crippen LogP contribution in [-0.4, -0.2) is 31.2 Å². The highest BCUT2D eigenvalue weighted by atomic mass is 16.5. The molecule has 1 aromatic heterocycles. The molecule has 0 aliphatic rings. The summed E-state index contributed by atoms with van der Waals surface area (Å²) < 4.78 is 10.6. The van der Waals surface area contributed by atoms with Crippen molar-refractivity contribution in [2.75, 3.05) is 20.3 Å². The third-order valence-corrected chi connectivity index (χ3v) is 2.66. The molecule has 2 rings (SSSR count). The number of pyridine rings is 1. The van der Waals surface area contributed by atoms with Crippen molar-refractivity contribution in [1.82, 2.24) is 10.3 Å². The van der Waals surface area contributed by atoms with Crippen molar-refractivity contribution in [2.45, 2.75) is 0 Å². The number of aromatic nitrogens is 1. The molecule has 0 aliphatic carbocycles. The second-order valence-electron chi connectivity index (χ2n) is 4.02. The monoisotopic (exact) mass is 272 g/mol. The van der Waals surface area contributed by atoms with Gasteiger partial charge in [-0.25, -0.2) is 0 Å². The van der Waals surface area contributed by atoms with E-state index in [9.17, 15) is 4.79 Å². The maximum atomic E-state index is 11.7. The topological polar surface area (TPSA) is 60.5 Å². The lowest BCUT2D eigenvalue weighted by molar-refractivity contribution is 0.0947. The first-order valence-corrected chi connectivity index (χ1v) is 6.24. The molecule has 104 valence electrons. The van der Waals surface area contributed by atoms with Gasteiger partial charge in [-0.05, 0) is 36.4 Å². The molecule has 0 bridgehead atoms. The van der Waals surface area contributed by atoms with Crippen LogP contribution >= 0.6 is 0 Å². The largest absolute Gasteiger partial charge is 0.497 e. The SMILES string of the molecule is COc1ccc(OCCNC(=O)c2ccncc2)cc1. The molecular weight excluding hydrogens is 256 g/mol. The molecule has 5 nitrogen and oxygen atoms in total. The summed E-state index contributed by atoms with van der Waals surface area (Å²) in [6.45, 7) is 0.844. The third-order valence-electron chi connectivity index (χ3n) is 2.66. The number of nitrogens with zero attached hydrogens (tertiary/aromatic N) is 1. The Hall–Kier alpha value is -2.56. The number of hydrogen-bond acceptors (Lipinski definition) is 4.